The average Bonchev–Trinajstić information content (AvgIpc) is 3.26. The van der Waals surface area contributed by atoms with Crippen molar-refractivity contribution in [3.63, 3.8) is 0 Å². The lowest BCUT2D eigenvalue weighted by molar-refractivity contribution is -0.115. The molecular formula is C18H16F3N7O2. The van der Waals surface area contributed by atoms with E-state index in [1.807, 2.05) is 0 Å². The van der Waals surface area contributed by atoms with Crippen molar-refractivity contribution in [2.75, 3.05) is 28.8 Å². The first-order valence-electron chi connectivity index (χ1n) is 8.77. The van der Waals surface area contributed by atoms with Crippen LogP contribution in [0.1, 0.15) is 5.56 Å². The summed E-state index contributed by atoms with van der Waals surface area (Å²) in [5.74, 6) is 0.559. The number of aromatic nitrogens is 4. The summed E-state index contributed by atoms with van der Waals surface area (Å²) in [6.45, 7) is -1.15. The number of fused-ring (bicyclic) bond motifs is 1. The second-order valence-electron chi connectivity index (χ2n) is 6.37. The summed E-state index contributed by atoms with van der Waals surface area (Å²) < 4.78 is 42.8. The number of hydrogen-bond donors (Lipinski definition) is 2. The number of hydrogen-bond acceptors (Lipinski definition) is 6. The summed E-state index contributed by atoms with van der Waals surface area (Å²) in [4.78, 5) is 24.2. The van der Waals surface area contributed by atoms with Gasteiger partial charge in [0, 0.05) is 18.0 Å². The van der Waals surface area contributed by atoms with Crippen LogP contribution in [0.25, 0.3) is 0 Å². The lowest BCUT2D eigenvalue weighted by Crippen LogP contribution is -2.45. The van der Waals surface area contributed by atoms with Crippen LogP contribution in [0.3, 0.4) is 0 Å². The summed E-state index contributed by atoms with van der Waals surface area (Å²) in [5.41, 5.74) is 1.56. The average molecular weight is 419 g/mol. The standard InChI is InChI=1S/C18H16F3N7O2/c1-30-14-4-2-12(3-5-14)28-15-11(6-22-16(26-15)23-10-18(19,20)21)9-27(17(28)29)13-7-24-25-8-13/h2-8H,9-10H2,1H3,(H,24,25)(H,22,23,26). The number of carbonyl (C=O) groups excluding carboxylic acids is 1. The minimum absolute atomic E-state index is 0.139. The SMILES string of the molecule is COc1ccc(N2C(=O)N(c3cn[nH]c3)Cc3cnc(NCC(F)(F)F)nc32)cc1. The molecule has 3 heterocycles. The molecule has 0 saturated heterocycles. The summed E-state index contributed by atoms with van der Waals surface area (Å²) in [5, 5.41) is 8.67. The summed E-state index contributed by atoms with van der Waals surface area (Å²) in [6, 6.07) is 6.22. The highest BCUT2D eigenvalue weighted by Gasteiger charge is 2.35. The van der Waals surface area contributed by atoms with Gasteiger partial charge in [-0.25, -0.2) is 14.7 Å². The normalized spacial score (nSPS) is 13.9. The Hall–Kier alpha value is -3.83. The lowest BCUT2D eigenvalue weighted by Gasteiger charge is -2.35. The molecule has 0 fully saturated rings. The molecule has 1 aliphatic heterocycles. The first-order valence-corrected chi connectivity index (χ1v) is 8.77. The van der Waals surface area contributed by atoms with Crippen molar-refractivity contribution in [1.82, 2.24) is 20.2 Å². The zero-order chi connectivity index (χ0) is 21.3. The lowest BCUT2D eigenvalue weighted by atomic mass is 10.2. The Balaban J connectivity index is 1.76. The molecule has 30 heavy (non-hydrogen) atoms. The number of amides is 2. The minimum atomic E-state index is -4.43. The number of nitrogens with zero attached hydrogens (tertiary/aromatic N) is 5. The van der Waals surface area contributed by atoms with Gasteiger partial charge in [-0.2, -0.15) is 23.3 Å². The Bertz CT molecular complexity index is 1040. The molecule has 1 aliphatic rings. The fraction of sp³-hybridized carbons (Fsp3) is 0.222. The number of rotatable bonds is 5. The zero-order valence-electron chi connectivity index (χ0n) is 15.6. The molecule has 0 atom stereocenters. The molecular weight excluding hydrogens is 403 g/mol. The molecule has 4 rings (SSSR count). The van der Waals surface area contributed by atoms with Gasteiger partial charge in [-0.3, -0.25) is 10.00 Å². The number of aromatic amines is 1. The second kappa shape index (κ2) is 7.54. The molecule has 2 amide bonds. The number of alkyl halides is 3. The van der Waals surface area contributed by atoms with E-state index < -0.39 is 18.8 Å². The van der Waals surface area contributed by atoms with E-state index >= 15 is 0 Å². The zero-order valence-corrected chi connectivity index (χ0v) is 15.6. The Morgan fingerprint density at radius 1 is 1.20 bits per heavy atom. The van der Waals surface area contributed by atoms with Crippen LogP contribution in [0.15, 0.2) is 42.9 Å². The number of benzene rings is 1. The molecule has 0 bridgehead atoms. The van der Waals surface area contributed by atoms with Crippen molar-refractivity contribution < 1.29 is 22.7 Å². The van der Waals surface area contributed by atoms with Crippen molar-refractivity contribution in [1.29, 1.82) is 0 Å². The third-order valence-electron chi connectivity index (χ3n) is 4.38. The van der Waals surface area contributed by atoms with Gasteiger partial charge >= 0.3 is 12.2 Å². The van der Waals surface area contributed by atoms with E-state index in [0.29, 0.717) is 22.7 Å². The van der Waals surface area contributed by atoms with Crippen molar-refractivity contribution in [2.24, 2.45) is 0 Å². The molecule has 3 aromatic rings. The van der Waals surface area contributed by atoms with Gasteiger partial charge in [0.1, 0.15) is 12.3 Å². The number of halogens is 3. The predicted molar refractivity (Wildman–Crippen MR) is 102 cm³/mol. The Morgan fingerprint density at radius 2 is 1.97 bits per heavy atom. The highest BCUT2D eigenvalue weighted by Crippen LogP contribution is 2.36. The quantitative estimate of drug-likeness (QED) is 0.657. The van der Waals surface area contributed by atoms with E-state index in [2.05, 4.69) is 25.5 Å². The topological polar surface area (TPSA) is 99.3 Å². The van der Waals surface area contributed by atoms with Gasteiger partial charge in [0.05, 0.1) is 31.2 Å². The molecule has 0 saturated carbocycles. The van der Waals surface area contributed by atoms with Gasteiger partial charge in [-0.1, -0.05) is 0 Å². The van der Waals surface area contributed by atoms with Crippen LogP contribution in [0, 0.1) is 0 Å². The van der Waals surface area contributed by atoms with Crippen LogP contribution in [0.4, 0.5) is 41.1 Å². The van der Waals surface area contributed by atoms with Crippen LogP contribution in [-0.2, 0) is 6.54 Å². The third kappa shape index (κ3) is 3.83. The van der Waals surface area contributed by atoms with Crippen molar-refractivity contribution in [2.45, 2.75) is 12.7 Å². The highest BCUT2D eigenvalue weighted by molar-refractivity contribution is 6.10. The van der Waals surface area contributed by atoms with E-state index in [0.717, 1.165) is 0 Å². The molecule has 1 aromatic carbocycles. The maximum Gasteiger partial charge on any atom is 0.405 e. The van der Waals surface area contributed by atoms with Crippen molar-refractivity contribution in [3.8, 4) is 5.75 Å². The summed E-state index contributed by atoms with van der Waals surface area (Å²) in [6.07, 6.45) is 0.0321. The van der Waals surface area contributed by atoms with Crippen molar-refractivity contribution >= 4 is 29.2 Å². The summed E-state index contributed by atoms with van der Waals surface area (Å²) in [7, 11) is 1.52. The number of urea groups is 1. The van der Waals surface area contributed by atoms with Gasteiger partial charge in [-0.05, 0) is 24.3 Å². The van der Waals surface area contributed by atoms with Crippen molar-refractivity contribution in [3.05, 3.63) is 48.4 Å². The molecule has 2 N–H and O–H groups in total. The first-order chi connectivity index (χ1) is 14.4. The van der Waals surface area contributed by atoms with Gasteiger partial charge in [0.25, 0.3) is 0 Å². The number of methoxy groups -OCH3 is 1. The Morgan fingerprint density at radius 3 is 2.60 bits per heavy atom. The number of H-pyrrole nitrogens is 1. The van der Waals surface area contributed by atoms with Crippen LogP contribution < -0.4 is 19.9 Å². The minimum Gasteiger partial charge on any atom is -0.497 e. The van der Waals surface area contributed by atoms with Gasteiger partial charge in [0.2, 0.25) is 5.95 Å². The monoisotopic (exact) mass is 419 g/mol. The molecule has 0 unspecified atom stereocenters. The first kappa shape index (κ1) is 19.5. The largest absolute Gasteiger partial charge is 0.497 e. The van der Waals surface area contributed by atoms with E-state index in [1.165, 1.54) is 29.3 Å². The van der Waals surface area contributed by atoms with E-state index in [-0.39, 0.29) is 18.3 Å². The van der Waals surface area contributed by atoms with Gasteiger partial charge in [0.15, 0.2) is 5.82 Å². The number of ether oxygens (including phenoxy) is 1. The Kier molecular flexibility index (Phi) is 4.90. The number of nitrogens with one attached hydrogen (secondary N) is 2. The predicted octanol–water partition coefficient (Wildman–Crippen LogP) is 3.46. The van der Waals surface area contributed by atoms with Crippen LogP contribution in [-0.4, -0.2) is 46.0 Å². The van der Waals surface area contributed by atoms with E-state index in [1.54, 1.807) is 30.5 Å². The fourth-order valence-corrected chi connectivity index (χ4v) is 2.97. The molecule has 0 radical (unpaired) electrons. The van der Waals surface area contributed by atoms with E-state index in [9.17, 15) is 18.0 Å². The van der Waals surface area contributed by atoms with Gasteiger partial charge < -0.3 is 10.1 Å². The fourth-order valence-electron chi connectivity index (χ4n) is 2.97. The third-order valence-corrected chi connectivity index (χ3v) is 4.38. The number of carbonyl (C=O) groups is 1. The van der Waals surface area contributed by atoms with Crippen LogP contribution in [0.2, 0.25) is 0 Å². The van der Waals surface area contributed by atoms with Gasteiger partial charge in [-0.15, -0.1) is 0 Å². The summed E-state index contributed by atoms with van der Waals surface area (Å²) >= 11 is 0. The maximum absolute atomic E-state index is 13.3. The molecule has 9 nitrogen and oxygen atoms in total. The maximum atomic E-state index is 13.3. The van der Waals surface area contributed by atoms with E-state index in [4.69, 9.17) is 4.74 Å². The molecule has 156 valence electrons. The van der Waals surface area contributed by atoms with Crippen LogP contribution in [0.5, 0.6) is 5.75 Å². The highest BCUT2D eigenvalue weighted by atomic mass is 19.4. The molecule has 0 aliphatic carbocycles. The van der Waals surface area contributed by atoms with Crippen LogP contribution >= 0.6 is 0 Å². The second-order valence-corrected chi connectivity index (χ2v) is 6.37. The number of anilines is 4. The molecule has 12 heteroatoms. The smallest absolute Gasteiger partial charge is 0.405 e. The molecule has 0 spiro atoms. The molecule has 2 aromatic heterocycles. The Labute approximate surface area is 168 Å².